The molecule has 1 aliphatic rings. The fourth-order valence-electron chi connectivity index (χ4n) is 5.08. The fraction of sp³-hybridized carbons (Fsp3) is 0.448. The molecule has 11 nitrogen and oxygen atoms in total. The zero-order valence-electron chi connectivity index (χ0n) is 24.2. The molecule has 0 bridgehead atoms. The van der Waals surface area contributed by atoms with Gasteiger partial charge in [0.1, 0.15) is 27.4 Å². The number of hydrogen-bond donors (Lipinski definition) is 1. The number of methoxy groups -OCH3 is 2. The number of benzene rings is 1. The van der Waals surface area contributed by atoms with Gasteiger partial charge in [0.25, 0.3) is 5.56 Å². The summed E-state index contributed by atoms with van der Waals surface area (Å²) in [5.41, 5.74) is 0.218. The van der Waals surface area contributed by atoms with Crippen LogP contribution in [0, 0.1) is 12.7 Å². The number of likely N-dealkylation sites (tertiary alicyclic amines) is 1. The van der Waals surface area contributed by atoms with Crippen LogP contribution in [-0.2, 0) is 22.5 Å². The number of aliphatic hydroxyl groups is 1. The van der Waals surface area contributed by atoms with E-state index in [0.717, 1.165) is 17.4 Å². The Hall–Kier alpha value is -3.81. The maximum Gasteiger partial charge on any atom is 0.332 e. The van der Waals surface area contributed by atoms with Gasteiger partial charge in [-0.05, 0) is 62.9 Å². The van der Waals surface area contributed by atoms with E-state index in [-0.39, 0.29) is 25.5 Å². The SMILES string of the molecule is COCCO.COc1ccc(F)cc1CCn1c(=O)n(C(C)C(=O)N2CCCC2)c(=O)c2c(C)c(-n3cccn3)sc21. The van der Waals surface area contributed by atoms with Crippen molar-refractivity contribution in [2.75, 3.05) is 40.5 Å². The summed E-state index contributed by atoms with van der Waals surface area (Å²) in [6.45, 7) is 5.39. The summed E-state index contributed by atoms with van der Waals surface area (Å²) in [4.78, 5) is 43.0. The summed E-state index contributed by atoms with van der Waals surface area (Å²) < 4.78 is 28.1. The number of hydrogen-bond acceptors (Lipinski definition) is 8. The largest absolute Gasteiger partial charge is 0.496 e. The van der Waals surface area contributed by atoms with E-state index in [4.69, 9.17) is 9.84 Å². The highest BCUT2D eigenvalue weighted by Gasteiger charge is 2.29. The third-order valence-electron chi connectivity index (χ3n) is 7.24. The zero-order valence-corrected chi connectivity index (χ0v) is 25.0. The van der Waals surface area contributed by atoms with Crippen LogP contribution in [0.15, 0.2) is 46.2 Å². The Kier molecular flexibility index (Phi) is 10.3. The molecule has 1 unspecified atom stereocenters. The predicted octanol–water partition coefficient (Wildman–Crippen LogP) is 2.92. The summed E-state index contributed by atoms with van der Waals surface area (Å²) in [5.74, 6) is -0.137. The van der Waals surface area contributed by atoms with Crippen molar-refractivity contribution in [3.05, 3.63) is 74.4 Å². The lowest BCUT2D eigenvalue weighted by atomic mass is 10.1. The Morgan fingerprint density at radius 1 is 1.21 bits per heavy atom. The molecule has 1 N–H and O–H groups in total. The second-order valence-corrected chi connectivity index (χ2v) is 10.9. The minimum Gasteiger partial charge on any atom is -0.496 e. The molecular formula is C29H36FN5O6S. The topological polar surface area (TPSA) is 121 Å². The first-order valence-corrected chi connectivity index (χ1v) is 14.5. The molecule has 0 saturated carbocycles. The normalized spacial score (nSPS) is 13.7. The third-order valence-corrected chi connectivity index (χ3v) is 8.54. The van der Waals surface area contributed by atoms with Gasteiger partial charge in [-0.3, -0.25) is 14.2 Å². The first kappa shape index (κ1) is 31.1. The molecule has 5 rings (SSSR count). The first-order valence-electron chi connectivity index (χ1n) is 13.7. The van der Waals surface area contributed by atoms with Crippen LogP contribution >= 0.6 is 11.3 Å². The molecule has 0 spiro atoms. The maximum absolute atomic E-state index is 14.0. The monoisotopic (exact) mass is 601 g/mol. The van der Waals surface area contributed by atoms with Crippen molar-refractivity contribution < 1.29 is 23.8 Å². The lowest BCUT2D eigenvalue weighted by Gasteiger charge is -2.22. The van der Waals surface area contributed by atoms with Gasteiger partial charge in [-0.25, -0.2) is 18.4 Å². The van der Waals surface area contributed by atoms with Crippen LogP contribution in [-0.4, -0.2) is 75.4 Å². The molecule has 4 aromatic rings. The maximum atomic E-state index is 14.0. The number of carbonyl (C=O) groups is 1. The minimum absolute atomic E-state index is 0.122. The summed E-state index contributed by atoms with van der Waals surface area (Å²) in [6.07, 6.45) is 5.51. The third kappa shape index (κ3) is 6.32. The molecule has 3 aromatic heterocycles. The number of aliphatic hydroxyl groups excluding tert-OH is 1. The van der Waals surface area contributed by atoms with E-state index < -0.39 is 23.1 Å². The van der Waals surface area contributed by atoms with Crippen molar-refractivity contribution in [1.82, 2.24) is 23.8 Å². The van der Waals surface area contributed by atoms with Crippen LogP contribution in [0.2, 0.25) is 0 Å². The van der Waals surface area contributed by atoms with Gasteiger partial charge in [-0.2, -0.15) is 5.10 Å². The zero-order chi connectivity index (χ0) is 30.4. The smallest absolute Gasteiger partial charge is 0.332 e. The molecule has 1 aliphatic heterocycles. The highest BCUT2D eigenvalue weighted by atomic mass is 32.1. The van der Waals surface area contributed by atoms with Crippen molar-refractivity contribution >= 4 is 27.5 Å². The summed E-state index contributed by atoms with van der Waals surface area (Å²) in [6, 6.07) is 5.07. The van der Waals surface area contributed by atoms with Gasteiger partial charge in [-0.15, -0.1) is 0 Å². The predicted molar refractivity (Wildman–Crippen MR) is 158 cm³/mol. The number of aryl methyl sites for hydroxylation is 3. The van der Waals surface area contributed by atoms with Crippen molar-refractivity contribution in [1.29, 1.82) is 0 Å². The van der Waals surface area contributed by atoms with Crippen molar-refractivity contribution in [3.8, 4) is 10.8 Å². The van der Waals surface area contributed by atoms with Crippen LogP contribution in [0.5, 0.6) is 5.75 Å². The fourth-order valence-corrected chi connectivity index (χ4v) is 6.34. The Balaban J connectivity index is 0.000000748. The summed E-state index contributed by atoms with van der Waals surface area (Å²) >= 11 is 1.29. The Bertz CT molecular complexity index is 1640. The summed E-state index contributed by atoms with van der Waals surface area (Å²) in [7, 11) is 3.06. The molecule has 1 atom stereocenters. The van der Waals surface area contributed by atoms with Crippen molar-refractivity contribution in [2.24, 2.45) is 0 Å². The Morgan fingerprint density at radius 3 is 2.55 bits per heavy atom. The van der Waals surface area contributed by atoms with Gasteiger partial charge in [-0.1, -0.05) is 11.3 Å². The van der Waals surface area contributed by atoms with Gasteiger partial charge in [0.05, 0.1) is 25.7 Å². The molecule has 42 heavy (non-hydrogen) atoms. The van der Waals surface area contributed by atoms with Crippen LogP contribution in [0.4, 0.5) is 4.39 Å². The van der Waals surface area contributed by atoms with E-state index in [1.54, 1.807) is 48.1 Å². The number of carbonyl (C=O) groups excluding carboxylic acids is 1. The van der Waals surface area contributed by atoms with Crippen LogP contribution in [0.3, 0.4) is 0 Å². The number of ether oxygens (including phenoxy) is 2. The average Bonchev–Trinajstić information content (AvgIpc) is 3.76. The number of nitrogens with zero attached hydrogens (tertiary/aromatic N) is 5. The standard InChI is InChI=1S/C26H28FN5O4S.C3H8O2/c1-16-21-23(34)32(17(2)22(33)29-11-4-5-12-29)26(35)30(25(21)37-24(16)31-13-6-10-28-31)14-9-18-15-19(27)7-8-20(18)36-3;1-5-3-2-4/h6-8,10,13,15,17H,4-5,9,11-12,14H2,1-3H3;4H,2-3H2,1H3. The van der Waals surface area contributed by atoms with Gasteiger partial charge in [0, 0.05) is 44.7 Å². The summed E-state index contributed by atoms with van der Waals surface area (Å²) in [5, 5.41) is 13.3. The van der Waals surface area contributed by atoms with Gasteiger partial charge in [0.2, 0.25) is 5.91 Å². The molecule has 1 aromatic carbocycles. The van der Waals surface area contributed by atoms with E-state index in [1.165, 1.54) is 35.1 Å². The molecule has 0 aliphatic carbocycles. The number of fused-ring (bicyclic) bond motifs is 1. The molecule has 0 radical (unpaired) electrons. The second kappa shape index (κ2) is 13.9. The molecule has 226 valence electrons. The number of thiophene rings is 1. The van der Waals surface area contributed by atoms with Crippen LogP contribution < -0.4 is 16.0 Å². The van der Waals surface area contributed by atoms with Crippen LogP contribution in [0.1, 0.15) is 36.9 Å². The highest BCUT2D eigenvalue weighted by Crippen LogP contribution is 2.31. The Morgan fingerprint density at radius 2 is 1.95 bits per heavy atom. The van der Waals surface area contributed by atoms with Gasteiger partial charge >= 0.3 is 5.69 Å². The van der Waals surface area contributed by atoms with Crippen molar-refractivity contribution in [3.63, 3.8) is 0 Å². The van der Waals surface area contributed by atoms with Crippen molar-refractivity contribution in [2.45, 2.75) is 45.7 Å². The van der Waals surface area contributed by atoms with Crippen LogP contribution in [0.25, 0.3) is 15.2 Å². The highest BCUT2D eigenvalue weighted by molar-refractivity contribution is 7.21. The molecule has 1 amide bonds. The number of rotatable bonds is 9. The molecular weight excluding hydrogens is 565 g/mol. The molecule has 4 heterocycles. The minimum atomic E-state index is -0.954. The van der Waals surface area contributed by atoms with E-state index >= 15 is 0 Å². The lowest BCUT2D eigenvalue weighted by molar-refractivity contribution is -0.133. The number of halogens is 1. The molecule has 1 fully saturated rings. The Labute approximate surface area is 246 Å². The molecule has 13 heteroatoms. The second-order valence-electron chi connectivity index (χ2n) is 9.90. The van der Waals surface area contributed by atoms with E-state index in [0.29, 0.717) is 51.8 Å². The van der Waals surface area contributed by atoms with Gasteiger partial charge < -0.3 is 19.5 Å². The van der Waals surface area contributed by atoms with E-state index in [1.807, 2.05) is 6.92 Å². The van der Waals surface area contributed by atoms with Gasteiger partial charge in [0.15, 0.2) is 0 Å². The quantitative estimate of drug-likeness (QED) is 0.313. The number of amides is 1. The lowest BCUT2D eigenvalue weighted by Crippen LogP contribution is -2.46. The number of aromatic nitrogens is 4. The average molecular weight is 602 g/mol. The molecule has 1 saturated heterocycles. The van der Waals surface area contributed by atoms with E-state index in [9.17, 15) is 18.8 Å². The first-order chi connectivity index (χ1) is 20.2. The van der Waals surface area contributed by atoms with E-state index in [2.05, 4.69) is 9.84 Å².